The van der Waals surface area contributed by atoms with Crippen molar-refractivity contribution in [3.63, 3.8) is 0 Å². The molecule has 6 heteroatoms. The minimum absolute atomic E-state index is 0.0873. The van der Waals surface area contributed by atoms with Gasteiger partial charge in [-0.3, -0.25) is 15.4 Å². The number of para-hydroxylation sites is 1. The first-order chi connectivity index (χ1) is 12.8. The van der Waals surface area contributed by atoms with Crippen LogP contribution in [0.2, 0.25) is 0 Å². The maximum absolute atomic E-state index is 13.0. The van der Waals surface area contributed by atoms with Gasteiger partial charge in [-0.05, 0) is 30.9 Å². The molecule has 1 saturated carbocycles. The van der Waals surface area contributed by atoms with E-state index < -0.39 is 0 Å². The quantitative estimate of drug-likeness (QED) is 0.759. The van der Waals surface area contributed by atoms with Crippen LogP contribution in [-0.2, 0) is 11.2 Å². The number of piperidine rings is 1. The molecule has 26 heavy (non-hydrogen) atoms. The number of likely N-dealkylation sites (tertiary alicyclic amines) is 1. The lowest BCUT2D eigenvalue weighted by Crippen LogP contribution is -2.53. The van der Waals surface area contributed by atoms with Crippen LogP contribution in [0.15, 0.2) is 24.3 Å². The first kappa shape index (κ1) is 16.9. The van der Waals surface area contributed by atoms with Gasteiger partial charge < -0.3 is 10.2 Å². The van der Waals surface area contributed by atoms with E-state index in [1.807, 2.05) is 17.8 Å². The van der Waals surface area contributed by atoms with Crippen molar-refractivity contribution in [2.24, 2.45) is 0 Å². The molecular weight excluding hydrogens is 344 g/mol. The molecule has 4 aliphatic rings. The Morgan fingerprint density at radius 1 is 1.19 bits per heavy atom. The van der Waals surface area contributed by atoms with E-state index >= 15 is 0 Å². The lowest BCUT2D eigenvalue weighted by atomic mass is 10.0. The summed E-state index contributed by atoms with van der Waals surface area (Å²) in [6, 6.07) is 9.41. The first-order valence-electron chi connectivity index (χ1n) is 10.1. The summed E-state index contributed by atoms with van der Waals surface area (Å²) < 4.78 is 0. The van der Waals surface area contributed by atoms with Gasteiger partial charge in [-0.2, -0.15) is 0 Å². The zero-order valence-electron chi connectivity index (χ0n) is 15.1. The smallest absolute Gasteiger partial charge is 0.245 e. The lowest BCUT2D eigenvalue weighted by molar-refractivity contribution is -0.132. The number of hydrogen-bond acceptors (Lipinski definition) is 5. The summed E-state index contributed by atoms with van der Waals surface area (Å²) in [5.41, 5.74) is 2.74. The third-order valence-electron chi connectivity index (χ3n) is 6.36. The third-order valence-corrected chi connectivity index (χ3v) is 7.73. The Balaban J connectivity index is 1.17. The van der Waals surface area contributed by atoms with E-state index in [2.05, 4.69) is 39.0 Å². The molecule has 1 aliphatic carbocycles. The number of fused-ring (bicyclic) bond motifs is 2. The van der Waals surface area contributed by atoms with Crippen molar-refractivity contribution < 1.29 is 4.79 Å². The highest BCUT2D eigenvalue weighted by molar-refractivity contribution is 8.00. The number of anilines is 1. The normalized spacial score (nSPS) is 33.8. The highest BCUT2D eigenvalue weighted by Gasteiger charge is 2.41. The molecule has 0 radical (unpaired) electrons. The summed E-state index contributed by atoms with van der Waals surface area (Å²) in [4.78, 5) is 15.1. The van der Waals surface area contributed by atoms with E-state index in [-0.39, 0.29) is 11.9 Å². The SMILES string of the molecule is O=C(C1Cc2ccccc2N1)N1CCC2NC(NC3CCCC3)SC2C1. The van der Waals surface area contributed by atoms with Crippen molar-refractivity contribution in [2.45, 2.75) is 67.4 Å². The van der Waals surface area contributed by atoms with Crippen molar-refractivity contribution in [3.8, 4) is 0 Å². The molecule has 3 aliphatic heterocycles. The van der Waals surface area contributed by atoms with Crippen LogP contribution in [0, 0.1) is 0 Å². The van der Waals surface area contributed by atoms with Crippen LogP contribution >= 0.6 is 11.8 Å². The minimum Gasteiger partial charge on any atom is -0.373 e. The fourth-order valence-electron chi connectivity index (χ4n) is 4.91. The van der Waals surface area contributed by atoms with Crippen LogP contribution in [0.25, 0.3) is 0 Å². The third kappa shape index (κ3) is 3.23. The molecule has 3 heterocycles. The molecule has 4 unspecified atom stereocenters. The predicted octanol–water partition coefficient (Wildman–Crippen LogP) is 2.14. The second kappa shape index (κ2) is 7.06. The molecule has 1 aromatic carbocycles. The molecule has 1 amide bonds. The fraction of sp³-hybridized carbons (Fsp3) is 0.650. The number of hydrogen-bond donors (Lipinski definition) is 3. The molecule has 0 bridgehead atoms. The molecule has 2 saturated heterocycles. The van der Waals surface area contributed by atoms with E-state index in [0.29, 0.717) is 22.8 Å². The fourth-order valence-corrected chi connectivity index (χ4v) is 6.46. The van der Waals surface area contributed by atoms with Gasteiger partial charge in [-0.25, -0.2) is 0 Å². The molecule has 0 aromatic heterocycles. The number of carbonyl (C=O) groups is 1. The monoisotopic (exact) mass is 372 g/mol. The van der Waals surface area contributed by atoms with Gasteiger partial charge in [0.05, 0.1) is 0 Å². The predicted molar refractivity (Wildman–Crippen MR) is 106 cm³/mol. The van der Waals surface area contributed by atoms with Crippen LogP contribution in [0.5, 0.6) is 0 Å². The number of amides is 1. The van der Waals surface area contributed by atoms with E-state index in [1.54, 1.807) is 0 Å². The Bertz CT molecular complexity index is 653. The summed E-state index contributed by atoms with van der Waals surface area (Å²) in [5, 5.41) is 11.5. The molecular formula is C20H28N4OS. The molecule has 5 rings (SSSR count). The van der Waals surface area contributed by atoms with Crippen molar-refractivity contribution in [3.05, 3.63) is 29.8 Å². The zero-order valence-corrected chi connectivity index (χ0v) is 15.9. The Hall–Kier alpha value is -1.24. The molecule has 3 N–H and O–H groups in total. The summed E-state index contributed by atoms with van der Waals surface area (Å²) >= 11 is 2.00. The largest absolute Gasteiger partial charge is 0.373 e. The van der Waals surface area contributed by atoms with Crippen molar-refractivity contribution in [2.75, 3.05) is 18.4 Å². The molecule has 0 spiro atoms. The van der Waals surface area contributed by atoms with Crippen LogP contribution < -0.4 is 16.0 Å². The zero-order chi connectivity index (χ0) is 17.5. The molecule has 3 fully saturated rings. The summed E-state index contributed by atoms with van der Waals surface area (Å²) in [7, 11) is 0. The Labute approximate surface area is 159 Å². The average Bonchev–Trinajstić information content (AvgIpc) is 3.39. The standard InChI is InChI=1S/C20H28N4OS/c25-19(17-11-13-5-1-4-8-15(13)22-17)24-10-9-16-18(12-24)26-20(23-16)21-14-6-2-3-7-14/h1,4-5,8,14,16-18,20-23H,2-3,6-7,9-12H2. The Kier molecular flexibility index (Phi) is 4.59. The van der Waals surface area contributed by atoms with Crippen molar-refractivity contribution in [1.29, 1.82) is 0 Å². The van der Waals surface area contributed by atoms with Gasteiger partial charge >= 0.3 is 0 Å². The maximum Gasteiger partial charge on any atom is 0.245 e. The number of benzene rings is 1. The summed E-state index contributed by atoms with van der Waals surface area (Å²) in [6.07, 6.45) is 7.23. The number of carbonyl (C=O) groups excluding carboxylic acids is 1. The number of rotatable bonds is 3. The Morgan fingerprint density at radius 3 is 2.88 bits per heavy atom. The van der Waals surface area contributed by atoms with Gasteiger partial charge in [-0.1, -0.05) is 31.0 Å². The number of nitrogens with zero attached hydrogens (tertiary/aromatic N) is 1. The summed E-state index contributed by atoms with van der Waals surface area (Å²) in [6.45, 7) is 1.75. The highest BCUT2D eigenvalue weighted by Crippen LogP contribution is 2.34. The van der Waals surface area contributed by atoms with E-state index in [1.165, 1.54) is 31.2 Å². The molecule has 5 nitrogen and oxygen atoms in total. The van der Waals surface area contributed by atoms with Gasteiger partial charge in [0.25, 0.3) is 0 Å². The highest BCUT2D eigenvalue weighted by atomic mass is 32.2. The second-order valence-corrected chi connectivity index (χ2v) is 9.46. The lowest BCUT2D eigenvalue weighted by Gasteiger charge is -2.35. The van der Waals surface area contributed by atoms with Gasteiger partial charge in [0.2, 0.25) is 5.91 Å². The van der Waals surface area contributed by atoms with Crippen molar-refractivity contribution >= 4 is 23.4 Å². The number of nitrogens with one attached hydrogen (secondary N) is 3. The topological polar surface area (TPSA) is 56.4 Å². The van der Waals surface area contributed by atoms with E-state index in [4.69, 9.17) is 0 Å². The molecule has 140 valence electrons. The Morgan fingerprint density at radius 2 is 2.04 bits per heavy atom. The van der Waals surface area contributed by atoms with Crippen LogP contribution in [0.3, 0.4) is 0 Å². The van der Waals surface area contributed by atoms with Gasteiger partial charge in [0, 0.05) is 42.5 Å². The van der Waals surface area contributed by atoms with E-state index in [9.17, 15) is 4.79 Å². The van der Waals surface area contributed by atoms with Gasteiger partial charge in [0.1, 0.15) is 11.5 Å². The van der Waals surface area contributed by atoms with Crippen LogP contribution in [0.1, 0.15) is 37.7 Å². The number of thioether (sulfide) groups is 1. The minimum atomic E-state index is -0.0873. The van der Waals surface area contributed by atoms with Gasteiger partial charge in [0.15, 0.2) is 0 Å². The summed E-state index contributed by atoms with van der Waals surface area (Å²) in [5.74, 6) is 0.271. The average molecular weight is 373 g/mol. The van der Waals surface area contributed by atoms with Gasteiger partial charge in [-0.15, -0.1) is 11.8 Å². The van der Waals surface area contributed by atoms with Crippen LogP contribution in [-0.4, -0.2) is 52.8 Å². The molecule has 4 atom stereocenters. The van der Waals surface area contributed by atoms with Crippen molar-refractivity contribution in [1.82, 2.24) is 15.5 Å². The molecule has 1 aromatic rings. The van der Waals surface area contributed by atoms with Crippen LogP contribution in [0.4, 0.5) is 5.69 Å². The maximum atomic E-state index is 13.0. The first-order valence-corrected chi connectivity index (χ1v) is 11.0. The second-order valence-electron chi connectivity index (χ2n) is 8.11. The van der Waals surface area contributed by atoms with E-state index in [0.717, 1.165) is 31.6 Å².